The summed E-state index contributed by atoms with van der Waals surface area (Å²) >= 11 is 4.70. The van der Waals surface area contributed by atoms with Crippen LogP contribution in [0, 0.1) is 5.21 Å². The minimum atomic E-state index is -0.561. The van der Waals surface area contributed by atoms with Gasteiger partial charge in [0.1, 0.15) is 11.3 Å². The number of fused-ring (bicyclic) bond motifs is 2. The van der Waals surface area contributed by atoms with E-state index in [1.165, 1.54) is 5.06 Å². The molecule has 0 amide bonds. The molecule has 138 valence electrons. The summed E-state index contributed by atoms with van der Waals surface area (Å²) in [6.07, 6.45) is 0. The van der Waals surface area contributed by atoms with Crippen LogP contribution in [-0.2, 0) is 11.1 Å². The van der Waals surface area contributed by atoms with Crippen molar-refractivity contribution in [1.29, 1.82) is 0 Å². The molecule has 5 heteroatoms. The fourth-order valence-corrected chi connectivity index (χ4v) is 3.92. The van der Waals surface area contributed by atoms with E-state index in [9.17, 15) is 5.21 Å². The van der Waals surface area contributed by atoms with Gasteiger partial charge in [0.25, 0.3) is 0 Å². The molecule has 0 fully saturated rings. The van der Waals surface area contributed by atoms with E-state index in [0.717, 1.165) is 34.4 Å². The monoisotopic (exact) mass is 361 g/mol. The van der Waals surface area contributed by atoms with Crippen molar-refractivity contribution < 1.29 is 4.42 Å². The van der Waals surface area contributed by atoms with Gasteiger partial charge in [0, 0.05) is 28.5 Å². The Morgan fingerprint density at radius 1 is 1.12 bits per heavy atom. The summed E-state index contributed by atoms with van der Waals surface area (Å²) in [5, 5.41) is 18.4. The minimum Gasteiger partial charge on any atom is -0.784 e. The molecule has 1 atom stereocenters. The third-order valence-corrected chi connectivity index (χ3v) is 5.60. The molecule has 1 unspecified atom stereocenters. The fraction of sp³-hybridized carbons (Fsp3) is 0.600. The lowest BCUT2D eigenvalue weighted by Gasteiger charge is -2.46. The van der Waals surface area contributed by atoms with Gasteiger partial charge in [0.05, 0.1) is 5.25 Å². The molecule has 2 aromatic rings. The number of rotatable bonds is 3. The molecule has 1 aliphatic heterocycles. The Hall–Kier alpha value is -1.01. The van der Waals surface area contributed by atoms with Gasteiger partial charge in [-0.25, -0.2) is 0 Å². The number of thiol groups is 1. The lowest BCUT2D eigenvalue weighted by atomic mass is 9.89. The van der Waals surface area contributed by atoms with Crippen molar-refractivity contribution >= 4 is 23.6 Å². The molecule has 4 nitrogen and oxygen atoms in total. The Balaban J connectivity index is 1.99. The van der Waals surface area contributed by atoms with E-state index in [1.54, 1.807) is 0 Å². The lowest BCUT2D eigenvalue weighted by molar-refractivity contribution is 0.101. The average molecular weight is 362 g/mol. The van der Waals surface area contributed by atoms with Crippen LogP contribution in [0.5, 0.6) is 0 Å². The summed E-state index contributed by atoms with van der Waals surface area (Å²) in [4.78, 5) is 0. The third kappa shape index (κ3) is 3.12. The highest BCUT2D eigenvalue weighted by Gasteiger charge is 2.44. The first-order valence-corrected chi connectivity index (χ1v) is 9.35. The molecule has 0 saturated carbocycles. The number of nitrogens with one attached hydrogen (secondary N) is 1. The first kappa shape index (κ1) is 18.8. The van der Waals surface area contributed by atoms with Crippen molar-refractivity contribution in [2.75, 3.05) is 6.54 Å². The molecule has 0 saturated heterocycles. The maximum Gasteiger partial charge on any atom is 0.134 e. The van der Waals surface area contributed by atoms with Crippen molar-refractivity contribution in [2.24, 2.45) is 0 Å². The topological polar surface area (TPSA) is 51.5 Å². The van der Waals surface area contributed by atoms with Crippen molar-refractivity contribution in [3.05, 3.63) is 40.3 Å². The van der Waals surface area contributed by atoms with Crippen LogP contribution in [0.15, 0.2) is 22.6 Å². The number of furan rings is 1. The molecule has 3 rings (SSSR count). The van der Waals surface area contributed by atoms with Crippen molar-refractivity contribution in [3.63, 3.8) is 0 Å². The number of hydroxylamine groups is 2. The second-order valence-corrected chi connectivity index (χ2v) is 9.77. The molecule has 1 aromatic carbocycles. The highest BCUT2D eigenvalue weighted by atomic mass is 32.1. The summed E-state index contributed by atoms with van der Waals surface area (Å²) in [6.45, 7) is 15.0. The molecule has 1 aliphatic rings. The van der Waals surface area contributed by atoms with Crippen LogP contribution in [0.25, 0.3) is 11.0 Å². The average Bonchev–Trinajstić information content (AvgIpc) is 2.97. The molecule has 0 aliphatic carbocycles. The second-order valence-electron chi connectivity index (χ2n) is 9.14. The molecular formula is C20H29N2O2S-. The smallest absolute Gasteiger partial charge is 0.134 e. The number of hydrogen-bond donors (Lipinski definition) is 2. The number of nitrogens with zero attached hydrogens (tertiary/aromatic N) is 1. The van der Waals surface area contributed by atoms with Crippen LogP contribution < -0.4 is 5.32 Å². The number of benzene rings is 1. The van der Waals surface area contributed by atoms with Gasteiger partial charge in [-0.2, -0.15) is 12.6 Å². The summed E-state index contributed by atoms with van der Waals surface area (Å²) in [5.41, 5.74) is 1.88. The standard InChI is InChI=1S/C20H29N2O2S/c1-18(2,3)21-11-17(25)16-9-12-8-13-14(10-15(12)24-16)20(6,7)22(23)19(13,4)5/h8-10,17,21,25H,11H2,1-7H3/q-1. The molecule has 0 radical (unpaired) electrons. The normalized spacial score (nSPS) is 20.8. The fourth-order valence-electron chi connectivity index (χ4n) is 3.71. The van der Waals surface area contributed by atoms with E-state index in [2.05, 4.69) is 32.2 Å². The van der Waals surface area contributed by atoms with Crippen LogP contribution in [-0.4, -0.2) is 17.1 Å². The Bertz CT molecular complexity index is 749. The number of hydrogen-bond acceptors (Lipinski definition) is 5. The van der Waals surface area contributed by atoms with Gasteiger partial charge >= 0.3 is 0 Å². The van der Waals surface area contributed by atoms with Gasteiger partial charge in [-0.15, -0.1) is 0 Å². The summed E-state index contributed by atoms with van der Waals surface area (Å²) in [5.74, 6) is 0.855. The van der Waals surface area contributed by atoms with Crippen LogP contribution in [0.4, 0.5) is 0 Å². The molecule has 0 spiro atoms. The van der Waals surface area contributed by atoms with Gasteiger partial charge in [0.15, 0.2) is 0 Å². The predicted molar refractivity (Wildman–Crippen MR) is 107 cm³/mol. The van der Waals surface area contributed by atoms with Gasteiger partial charge in [-0.1, -0.05) is 0 Å². The minimum absolute atomic E-state index is 0.0153. The van der Waals surface area contributed by atoms with E-state index in [1.807, 2.05) is 39.8 Å². The zero-order chi connectivity index (χ0) is 18.8. The van der Waals surface area contributed by atoms with Crippen molar-refractivity contribution in [2.45, 2.75) is 70.3 Å². The maximum atomic E-state index is 12.7. The van der Waals surface area contributed by atoms with E-state index in [4.69, 9.17) is 17.0 Å². The van der Waals surface area contributed by atoms with Crippen LogP contribution >= 0.6 is 12.6 Å². The highest BCUT2D eigenvalue weighted by Crippen LogP contribution is 2.50. The molecule has 1 aromatic heterocycles. The zero-order valence-corrected chi connectivity index (χ0v) is 17.1. The van der Waals surface area contributed by atoms with E-state index in [0.29, 0.717) is 0 Å². The second kappa shape index (κ2) is 5.74. The quantitative estimate of drug-likeness (QED) is 0.749. The Morgan fingerprint density at radius 3 is 2.24 bits per heavy atom. The molecule has 25 heavy (non-hydrogen) atoms. The highest BCUT2D eigenvalue weighted by molar-refractivity contribution is 7.80. The maximum absolute atomic E-state index is 12.7. The Morgan fingerprint density at radius 2 is 1.68 bits per heavy atom. The van der Waals surface area contributed by atoms with Crippen LogP contribution in [0.3, 0.4) is 0 Å². The Kier molecular flexibility index (Phi) is 4.31. The zero-order valence-electron chi connectivity index (χ0n) is 16.2. The van der Waals surface area contributed by atoms with Gasteiger partial charge in [-0.05, 0) is 77.8 Å². The predicted octanol–water partition coefficient (Wildman–Crippen LogP) is 5.08. The van der Waals surface area contributed by atoms with Gasteiger partial charge < -0.3 is 20.0 Å². The summed E-state index contributed by atoms with van der Waals surface area (Å²) in [6, 6.07) is 6.19. The van der Waals surface area contributed by atoms with Crippen LogP contribution in [0.1, 0.15) is 70.6 Å². The first-order chi connectivity index (χ1) is 11.3. The van der Waals surface area contributed by atoms with E-state index >= 15 is 0 Å². The largest absolute Gasteiger partial charge is 0.784 e. The first-order valence-electron chi connectivity index (χ1n) is 8.83. The van der Waals surface area contributed by atoms with Crippen molar-refractivity contribution in [3.8, 4) is 0 Å². The van der Waals surface area contributed by atoms with Crippen molar-refractivity contribution in [1.82, 2.24) is 10.4 Å². The van der Waals surface area contributed by atoms with Gasteiger partial charge in [-0.3, -0.25) is 0 Å². The summed E-state index contributed by atoms with van der Waals surface area (Å²) < 4.78 is 6.08. The molecule has 0 bridgehead atoms. The molecule has 1 N–H and O–H groups in total. The SMILES string of the molecule is CC(C)(C)NCC(S)c1cc2cc3c(cc2o1)C(C)(C)N([O-])C3(C)C. The Labute approximate surface area is 155 Å². The lowest BCUT2D eigenvalue weighted by Crippen LogP contribution is -2.40. The van der Waals surface area contributed by atoms with Gasteiger partial charge in [0.2, 0.25) is 0 Å². The van der Waals surface area contributed by atoms with E-state index in [-0.39, 0.29) is 10.8 Å². The van der Waals surface area contributed by atoms with Crippen LogP contribution in [0.2, 0.25) is 0 Å². The molecular weight excluding hydrogens is 332 g/mol. The summed E-state index contributed by atoms with van der Waals surface area (Å²) in [7, 11) is 0. The third-order valence-electron chi connectivity index (χ3n) is 5.16. The molecule has 2 heterocycles. The van der Waals surface area contributed by atoms with E-state index < -0.39 is 11.1 Å².